The van der Waals surface area contributed by atoms with Gasteiger partial charge in [0, 0.05) is 12.7 Å². The third kappa shape index (κ3) is 3.70. The van der Waals surface area contributed by atoms with Crippen LogP contribution in [-0.4, -0.2) is 16.6 Å². The third-order valence-electron chi connectivity index (χ3n) is 2.90. The van der Waals surface area contributed by atoms with Gasteiger partial charge in [-0.1, -0.05) is 6.07 Å². The van der Waals surface area contributed by atoms with Crippen molar-refractivity contribution >= 4 is 5.82 Å². The number of aliphatic hydroxyl groups is 1. The van der Waals surface area contributed by atoms with E-state index in [2.05, 4.69) is 10.3 Å². The molecular formula is C14H11F5N2O. The van der Waals surface area contributed by atoms with E-state index in [-0.39, 0.29) is 12.4 Å². The number of anilines is 1. The Bertz CT molecular complexity index is 622. The summed E-state index contributed by atoms with van der Waals surface area (Å²) in [7, 11) is 0. The molecule has 0 fully saturated rings. The molecule has 1 aromatic carbocycles. The number of aromatic nitrogens is 1. The van der Waals surface area contributed by atoms with Gasteiger partial charge in [-0.3, -0.25) is 0 Å². The zero-order valence-electron chi connectivity index (χ0n) is 11.0. The van der Waals surface area contributed by atoms with E-state index in [9.17, 15) is 27.1 Å². The van der Waals surface area contributed by atoms with Gasteiger partial charge in [0.05, 0.1) is 11.1 Å². The summed E-state index contributed by atoms with van der Waals surface area (Å²) >= 11 is 0. The molecule has 1 unspecified atom stereocenters. The van der Waals surface area contributed by atoms with E-state index in [1.54, 1.807) is 0 Å². The number of nitrogens with one attached hydrogen (secondary N) is 1. The second-order valence-corrected chi connectivity index (χ2v) is 4.46. The lowest BCUT2D eigenvalue weighted by atomic mass is 10.1. The molecule has 0 amide bonds. The summed E-state index contributed by atoms with van der Waals surface area (Å²) < 4.78 is 64.0. The Kier molecular flexibility index (Phi) is 4.60. The minimum atomic E-state index is -4.50. The average Bonchev–Trinajstić information content (AvgIpc) is 2.44. The van der Waals surface area contributed by atoms with Gasteiger partial charge >= 0.3 is 6.18 Å². The first-order valence-electron chi connectivity index (χ1n) is 6.18. The highest BCUT2D eigenvalue weighted by Crippen LogP contribution is 2.29. The smallest absolute Gasteiger partial charge is 0.386 e. The van der Waals surface area contributed by atoms with Crippen LogP contribution in [0.3, 0.4) is 0 Å². The molecule has 0 aliphatic heterocycles. The number of pyridine rings is 1. The lowest BCUT2D eigenvalue weighted by Gasteiger charge is -2.14. The van der Waals surface area contributed by atoms with Crippen LogP contribution in [0.2, 0.25) is 0 Å². The van der Waals surface area contributed by atoms with Crippen LogP contribution >= 0.6 is 0 Å². The number of nitrogens with zero attached hydrogens (tertiary/aromatic N) is 1. The van der Waals surface area contributed by atoms with Gasteiger partial charge in [0.25, 0.3) is 0 Å². The molecule has 3 nitrogen and oxygen atoms in total. The maximum Gasteiger partial charge on any atom is 0.417 e. The zero-order valence-corrected chi connectivity index (χ0v) is 11.0. The first kappa shape index (κ1) is 16.2. The molecule has 0 aliphatic carbocycles. The number of rotatable bonds is 4. The molecule has 1 aromatic heterocycles. The second kappa shape index (κ2) is 6.27. The van der Waals surface area contributed by atoms with Crippen molar-refractivity contribution in [3.05, 3.63) is 59.3 Å². The van der Waals surface area contributed by atoms with E-state index in [4.69, 9.17) is 0 Å². The number of hydrogen-bond donors (Lipinski definition) is 2. The van der Waals surface area contributed by atoms with Crippen LogP contribution in [0.1, 0.15) is 17.2 Å². The van der Waals surface area contributed by atoms with E-state index in [0.717, 1.165) is 30.3 Å². The summed E-state index contributed by atoms with van der Waals surface area (Å²) in [5.41, 5.74) is -1.43. The lowest BCUT2D eigenvalue weighted by Crippen LogP contribution is -2.16. The number of alkyl halides is 3. The average molecular weight is 318 g/mol. The molecule has 2 N–H and O–H groups in total. The molecule has 118 valence electrons. The highest BCUT2D eigenvalue weighted by Gasteiger charge is 2.30. The minimum absolute atomic E-state index is 0.0452. The highest BCUT2D eigenvalue weighted by molar-refractivity contribution is 5.37. The van der Waals surface area contributed by atoms with Gasteiger partial charge in [-0.15, -0.1) is 0 Å². The molecule has 22 heavy (non-hydrogen) atoms. The van der Waals surface area contributed by atoms with E-state index < -0.39 is 35.0 Å². The van der Waals surface area contributed by atoms with Crippen molar-refractivity contribution in [2.24, 2.45) is 0 Å². The van der Waals surface area contributed by atoms with Crippen molar-refractivity contribution in [1.29, 1.82) is 0 Å². The van der Waals surface area contributed by atoms with Gasteiger partial charge in [-0.05, 0) is 24.3 Å². The van der Waals surface area contributed by atoms with Gasteiger partial charge in [-0.2, -0.15) is 13.2 Å². The first-order valence-corrected chi connectivity index (χ1v) is 6.18. The van der Waals surface area contributed by atoms with Crippen molar-refractivity contribution in [1.82, 2.24) is 4.98 Å². The topological polar surface area (TPSA) is 45.1 Å². The maximum atomic E-state index is 13.4. The van der Waals surface area contributed by atoms with Crippen molar-refractivity contribution in [2.45, 2.75) is 12.3 Å². The van der Waals surface area contributed by atoms with Gasteiger partial charge in [0.2, 0.25) is 0 Å². The minimum Gasteiger partial charge on any atom is -0.386 e. The lowest BCUT2D eigenvalue weighted by molar-refractivity contribution is -0.137. The van der Waals surface area contributed by atoms with Crippen LogP contribution in [0, 0.1) is 11.6 Å². The summed E-state index contributed by atoms with van der Waals surface area (Å²) in [5, 5.41) is 12.3. The van der Waals surface area contributed by atoms with Crippen molar-refractivity contribution in [3.63, 3.8) is 0 Å². The van der Waals surface area contributed by atoms with Gasteiger partial charge in [-0.25, -0.2) is 13.8 Å². The SMILES string of the molecule is OC(CNc1ccc(C(F)(F)F)cn1)c1c(F)cccc1F. The van der Waals surface area contributed by atoms with Crippen molar-refractivity contribution in [3.8, 4) is 0 Å². The molecule has 0 spiro atoms. The van der Waals surface area contributed by atoms with Crippen LogP contribution in [-0.2, 0) is 6.18 Å². The fourth-order valence-corrected chi connectivity index (χ4v) is 1.80. The summed E-state index contributed by atoms with van der Waals surface area (Å²) in [6, 6.07) is 5.03. The number of aliphatic hydroxyl groups excluding tert-OH is 1. The molecule has 1 atom stereocenters. The molecule has 1 heterocycles. The normalized spacial score (nSPS) is 13.0. The maximum absolute atomic E-state index is 13.4. The Morgan fingerprint density at radius 3 is 2.23 bits per heavy atom. The Morgan fingerprint density at radius 2 is 1.73 bits per heavy atom. The van der Waals surface area contributed by atoms with E-state index in [1.807, 2.05) is 0 Å². The second-order valence-electron chi connectivity index (χ2n) is 4.46. The fourth-order valence-electron chi connectivity index (χ4n) is 1.80. The number of hydrogen-bond acceptors (Lipinski definition) is 3. The van der Waals surface area contributed by atoms with E-state index in [0.29, 0.717) is 6.20 Å². The molecule has 2 aromatic rings. The van der Waals surface area contributed by atoms with Crippen LogP contribution in [0.5, 0.6) is 0 Å². The molecule has 0 aliphatic rings. The fraction of sp³-hybridized carbons (Fsp3) is 0.214. The monoisotopic (exact) mass is 318 g/mol. The summed E-state index contributed by atoms with van der Waals surface area (Å²) in [6.45, 7) is -0.309. The first-order chi connectivity index (χ1) is 10.3. The van der Waals surface area contributed by atoms with Gasteiger partial charge in [0.15, 0.2) is 0 Å². The Hall–Kier alpha value is -2.22. The van der Waals surface area contributed by atoms with Crippen LogP contribution in [0.4, 0.5) is 27.8 Å². The van der Waals surface area contributed by atoms with Crippen LogP contribution in [0.25, 0.3) is 0 Å². The molecule has 8 heteroatoms. The number of halogens is 5. The molecule has 0 bridgehead atoms. The summed E-state index contributed by atoms with van der Waals surface area (Å²) in [5.74, 6) is -1.77. The van der Waals surface area contributed by atoms with Gasteiger partial charge < -0.3 is 10.4 Å². The number of benzene rings is 1. The largest absolute Gasteiger partial charge is 0.417 e. The molecule has 0 saturated heterocycles. The standard InChI is InChI=1S/C14H11F5N2O/c15-9-2-1-3-10(16)13(9)11(22)7-21-12-5-4-8(6-20-12)14(17,18)19/h1-6,11,22H,7H2,(H,20,21). The summed E-state index contributed by atoms with van der Waals surface area (Å²) in [4.78, 5) is 3.53. The van der Waals surface area contributed by atoms with Gasteiger partial charge in [0.1, 0.15) is 23.6 Å². The zero-order chi connectivity index (χ0) is 16.3. The molecule has 0 saturated carbocycles. The summed E-state index contributed by atoms with van der Waals surface area (Å²) in [6.07, 6.45) is -5.38. The highest BCUT2D eigenvalue weighted by atomic mass is 19.4. The Balaban J connectivity index is 2.04. The van der Waals surface area contributed by atoms with Crippen molar-refractivity contribution in [2.75, 3.05) is 11.9 Å². The molecule has 2 rings (SSSR count). The van der Waals surface area contributed by atoms with Crippen molar-refractivity contribution < 1.29 is 27.1 Å². The van der Waals surface area contributed by atoms with E-state index in [1.165, 1.54) is 0 Å². The molecule has 0 radical (unpaired) electrons. The third-order valence-corrected chi connectivity index (χ3v) is 2.90. The van der Waals surface area contributed by atoms with E-state index >= 15 is 0 Å². The molecular weight excluding hydrogens is 307 g/mol. The predicted octanol–water partition coefficient (Wildman–Crippen LogP) is 3.52. The van der Waals surface area contributed by atoms with Crippen LogP contribution < -0.4 is 5.32 Å². The Labute approximate surface area is 122 Å². The quantitative estimate of drug-likeness (QED) is 0.848. The predicted molar refractivity (Wildman–Crippen MR) is 69.0 cm³/mol. The van der Waals surface area contributed by atoms with Crippen LogP contribution in [0.15, 0.2) is 36.5 Å². The Morgan fingerprint density at radius 1 is 1.09 bits per heavy atom.